The van der Waals surface area contributed by atoms with Gasteiger partial charge in [0, 0.05) is 11.4 Å². The largest absolute Gasteiger partial charge is 0.483 e. The van der Waals surface area contributed by atoms with Crippen LogP contribution < -0.4 is 25.4 Å². The Bertz CT molecular complexity index is 1230. The van der Waals surface area contributed by atoms with Crippen LogP contribution in [0.25, 0.3) is 0 Å². The molecule has 0 fully saturated rings. The third-order valence-electron chi connectivity index (χ3n) is 4.44. The van der Waals surface area contributed by atoms with Gasteiger partial charge in [0.15, 0.2) is 5.82 Å². The molecular formula is C21H15F3N6O3. The van der Waals surface area contributed by atoms with E-state index in [1.54, 1.807) is 24.3 Å². The quantitative estimate of drug-likeness (QED) is 0.524. The minimum atomic E-state index is -4.72. The van der Waals surface area contributed by atoms with Crippen molar-refractivity contribution in [2.45, 2.75) is 6.18 Å². The topological polar surface area (TPSA) is 121 Å². The SMILES string of the molecule is N#Cc1ccc(NC(=O)Nc2ccc(Oc3ncnc4c3OCCN4)cc2)cc1C(F)(F)F. The molecule has 2 amide bonds. The van der Waals surface area contributed by atoms with Crippen LogP contribution in [-0.4, -0.2) is 29.2 Å². The first-order valence-corrected chi connectivity index (χ1v) is 9.52. The average Bonchev–Trinajstić information content (AvgIpc) is 2.80. The minimum absolute atomic E-state index is 0.110. The second kappa shape index (κ2) is 8.91. The van der Waals surface area contributed by atoms with E-state index in [-0.39, 0.29) is 11.6 Å². The first-order chi connectivity index (χ1) is 15.8. The molecule has 1 aliphatic rings. The highest BCUT2D eigenvalue weighted by atomic mass is 19.4. The molecule has 2 aromatic carbocycles. The van der Waals surface area contributed by atoms with Gasteiger partial charge in [0.2, 0.25) is 5.75 Å². The Labute approximate surface area is 185 Å². The Morgan fingerprint density at radius 2 is 1.85 bits per heavy atom. The Balaban J connectivity index is 1.41. The van der Waals surface area contributed by atoms with Crippen LogP contribution in [0, 0.1) is 11.3 Å². The van der Waals surface area contributed by atoms with Gasteiger partial charge in [-0.05, 0) is 42.5 Å². The Hall–Kier alpha value is -4.53. The molecule has 0 atom stereocenters. The fourth-order valence-corrected chi connectivity index (χ4v) is 2.97. The maximum Gasteiger partial charge on any atom is 0.417 e. The summed E-state index contributed by atoms with van der Waals surface area (Å²) in [6.45, 7) is 1.06. The number of amides is 2. The molecule has 12 heteroatoms. The molecule has 0 bridgehead atoms. The number of alkyl halides is 3. The van der Waals surface area contributed by atoms with Gasteiger partial charge in [-0.2, -0.15) is 23.4 Å². The fraction of sp³-hybridized carbons (Fsp3) is 0.143. The molecule has 0 spiro atoms. The lowest BCUT2D eigenvalue weighted by molar-refractivity contribution is -0.137. The van der Waals surface area contributed by atoms with Crippen molar-refractivity contribution in [3.63, 3.8) is 0 Å². The van der Waals surface area contributed by atoms with Gasteiger partial charge in [-0.3, -0.25) is 0 Å². The maximum atomic E-state index is 13.1. The Morgan fingerprint density at radius 3 is 2.58 bits per heavy atom. The van der Waals surface area contributed by atoms with E-state index >= 15 is 0 Å². The predicted octanol–water partition coefficient (Wildman–Crippen LogP) is 4.61. The van der Waals surface area contributed by atoms with E-state index < -0.39 is 23.3 Å². The van der Waals surface area contributed by atoms with Crippen molar-refractivity contribution >= 4 is 23.2 Å². The van der Waals surface area contributed by atoms with Gasteiger partial charge in [-0.25, -0.2) is 9.78 Å². The van der Waals surface area contributed by atoms with Crippen LogP contribution in [0.15, 0.2) is 48.8 Å². The van der Waals surface area contributed by atoms with Crippen molar-refractivity contribution in [1.29, 1.82) is 5.26 Å². The summed E-state index contributed by atoms with van der Waals surface area (Å²) in [6.07, 6.45) is -3.39. The monoisotopic (exact) mass is 456 g/mol. The molecule has 2 heterocycles. The second-order valence-electron chi connectivity index (χ2n) is 6.71. The summed E-state index contributed by atoms with van der Waals surface area (Å²) in [5, 5.41) is 16.7. The van der Waals surface area contributed by atoms with E-state index in [2.05, 4.69) is 25.9 Å². The van der Waals surface area contributed by atoms with Gasteiger partial charge in [0.05, 0.1) is 23.7 Å². The normalized spacial score (nSPS) is 12.4. The molecule has 4 rings (SSSR count). The molecule has 0 saturated heterocycles. The number of halogens is 3. The zero-order chi connectivity index (χ0) is 23.4. The van der Waals surface area contributed by atoms with E-state index in [4.69, 9.17) is 14.7 Å². The lowest BCUT2D eigenvalue weighted by Crippen LogP contribution is -2.20. The maximum absolute atomic E-state index is 13.1. The number of nitrogens with zero attached hydrogens (tertiary/aromatic N) is 3. The first-order valence-electron chi connectivity index (χ1n) is 9.52. The number of nitrogens with one attached hydrogen (secondary N) is 3. The van der Waals surface area contributed by atoms with E-state index in [9.17, 15) is 18.0 Å². The van der Waals surface area contributed by atoms with Crippen molar-refractivity contribution in [2.24, 2.45) is 0 Å². The molecule has 3 aromatic rings. The number of anilines is 3. The lowest BCUT2D eigenvalue weighted by Gasteiger charge is -2.19. The van der Waals surface area contributed by atoms with Crippen molar-refractivity contribution in [1.82, 2.24) is 9.97 Å². The van der Waals surface area contributed by atoms with Crippen LogP contribution >= 0.6 is 0 Å². The van der Waals surface area contributed by atoms with E-state index in [1.807, 2.05) is 0 Å². The lowest BCUT2D eigenvalue weighted by atomic mass is 10.1. The third-order valence-corrected chi connectivity index (χ3v) is 4.44. The third kappa shape index (κ3) is 5.04. The highest BCUT2D eigenvalue weighted by molar-refractivity contribution is 5.99. The minimum Gasteiger partial charge on any atom is -0.483 e. The van der Waals surface area contributed by atoms with Crippen molar-refractivity contribution < 1.29 is 27.4 Å². The van der Waals surface area contributed by atoms with Crippen LogP contribution in [0.1, 0.15) is 11.1 Å². The van der Waals surface area contributed by atoms with Gasteiger partial charge >= 0.3 is 12.2 Å². The summed E-state index contributed by atoms with van der Waals surface area (Å²) in [7, 11) is 0. The average molecular weight is 456 g/mol. The predicted molar refractivity (Wildman–Crippen MR) is 111 cm³/mol. The summed E-state index contributed by atoms with van der Waals surface area (Å²) >= 11 is 0. The molecule has 168 valence electrons. The Morgan fingerprint density at radius 1 is 1.12 bits per heavy atom. The zero-order valence-electron chi connectivity index (χ0n) is 16.7. The number of ether oxygens (including phenoxy) is 2. The van der Waals surface area contributed by atoms with Gasteiger partial charge in [0.25, 0.3) is 5.88 Å². The number of hydrogen-bond donors (Lipinski definition) is 3. The number of carbonyl (C=O) groups is 1. The summed E-state index contributed by atoms with van der Waals surface area (Å²) in [5.41, 5.74) is -1.40. The number of urea groups is 1. The number of fused-ring (bicyclic) bond motifs is 1. The number of benzene rings is 2. The molecule has 1 aliphatic heterocycles. The molecule has 0 saturated carbocycles. The van der Waals surface area contributed by atoms with E-state index in [0.29, 0.717) is 42.2 Å². The molecule has 9 nitrogen and oxygen atoms in total. The number of nitriles is 1. The van der Waals surface area contributed by atoms with Crippen LogP contribution in [0.2, 0.25) is 0 Å². The molecule has 0 radical (unpaired) electrons. The number of aromatic nitrogens is 2. The Kier molecular flexibility index (Phi) is 5.86. The molecule has 0 unspecified atom stereocenters. The summed E-state index contributed by atoms with van der Waals surface area (Å²) in [5.74, 6) is 1.56. The highest BCUT2D eigenvalue weighted by Gasteiger charge is 2.34. The molecule has 0 aliphatic carbocycles. The van der Waals surface area contributed by atoms with Crippen LogP contribution in [0.4, 0.5) is 35.2 Å². The summed E-state index contributed by atoms with van der Waals surface area (Å²) in [4.78, 5) is 20.3. The van der Waals surface area contributed by atoms with Crippen molar-refractivity contribution in [3.8, 4) is 23.4 Å². The number of rotatable bonds is 4. The first kappa shape index (κ1) is 21.7. The van der Waals surface area contributed by atoms with Gasteiger partial charge < -0.3 is 25.4 Å². The zero-order valence-corrected chi connectivity index (χ0v) is 16.7. The van der Waals surface area contributed by atoms with Crippen LogP contribution in [-0.2, 0) is 6.18 Å². The molecular weight excluding hydrogens is 441 g/mol. The van der Waals surface area contributed by atoms with Gasteiger partial charge in [-0.1, -0.05) is 0 Å². The fourth-order valence-electron chi connectivity index (χ4n) is 2.97. The summed E-state index contributed by atoms with van der Waals surface area (Å²) in [6, 6.07) is 9.87. The highest BCUT2D eigenvalue weighted by Crippen LogP contribution is 2.36. The van der Waals surface area contributed by atoms with Crippen LogP contribution in [0.3, 0.4) is 0 Å². The van der Waals surface area contributed by atoms with Gasteiger partial charge in [0.1, 0.15) is 18.7 Å². The van der Waals surface area contributed by atoms with Gasteiger partial charge in [-0.15, -0.1) is 0 Å². The molecule has 1 aromatic heterocycles. The number of hydrogen-bond acceptors (Lipinski definition) is 7. The summed E-state index contributed by atoms with van der Waals surface area (Å²) < 4.78 is 50.5. The second-order valence-corrected chi connectivity index (χ2v) is 6.71. The van der Waals surface area contributed by atoms with Crippen molar-refractivity contribution in [3.05, 3.63) is 59.9 Å². The van der Waals surface area contributed by atoms with Crippen LogP contribution in [0.5, 0.6) is 17.4 Å². The smallest absolute Gasteiger partial charge is 0.417 e. The molecule has 33 heavy (non-hydrogen) atoms. The molecule has 3 N–H and O–H groups in total. The van der Waals surface area contributed by atoms with E-state index in [1.165, 1.54) is 18.5 Å². The van der Waals surface area contributed by atoms with E-state index in [0.717, 1.165) is 6.07 Å². The number of carbonyl (C=O) groups excluding carboxylic acids is 1. The van der Waals surface area contributed by atoms with Crippen molar-refractivity contribution in [2.75, 3.05) is 29.1 Å². The standard InChI is InChI=1S/C21H15F3N6O3/c22-21(23,24)16-9-14(2-1-12(16)10-25)30-20(31)29-13-3-5-15(6-4-13)33-19-17-18(27-11-28-19)26-7-8-32-17/h1-6,9,11H,7-8H2,(H,26,27,28)(H2,29,30,31).